The Hall–Kier alpha value is -3.07. The van der Waals surface area contributed by atoms with E-state index < -0.39 is 11.6 Å². The molecule has 1 aliphatic heterocycles. The molecule has 32 heavy (non-hydrogen) atoms. The Kier molecular flexibility index (Phi) is 5.28. The molecule has 2 fully saturated rings. The molecule has 168 valence electrons. The second kappa shape index (κ2) is 8.12. The van der Waals surface area contributed by atoms with E-state index in [1.165, 1.54) is 12.1 Å². The highest BCUT2D eigenvalue weighted by atomic mass is 19.1. The number of halogens is 2. The van der Waals surface area contributed by atoms with Crippen molar-refractivity contribution in [2.45, 2.75) is 38.1 Å². The maximum Gasteiger partial charge on any atom is 0.274 e. The summed E-state index contributed by atoms with van der Waals surface area (Å²) in [6, 6.07) is 7.03. The molecule has 7 nitrogen and oxygen atoms in total. The first-order valence-electron chi connectivity index (χ1n) is 10.9. The van der Waals surface area contributed by atoms with Crippen LogP contribution in [0.5, 0.6) is 0 Å². The summed E-state index contributed by atoms with van der Waals surface area (Å²) in [6.07, 6.45) is 4.46. The van der Waals surface area contributed by atoms with Crippen LogP contribution in [0.1, 0.15) is 54.2 Å². The zero-order valence-corrected chi connectivity index (χ0v) is 17.6. The molecule has 1 saturated heterocycles. The molecule has 3 heterocycles. The number of H-pyrrole nitrogens is 1. The normalized spacial score (nSPS) is 19.8. The molecule has 1 saturated carbocycles. The zero-order valence-electron chi connectivity index (χ0n) is 17.6. The van der Waals surface area contributed by atoms with Crippen LogP contribution in [0.3, 0.4) is 0 Å². The van der Waals surface area contributed by atoms with Gasteiger partial charge in [-0.15, -0.1) is 0 Å². The summed E-state index contributed by atoms with van der Waals surface area (Å²) in [5.41, 5.74) is 1.61. The zero-order chi connectivity index (χ0) is 22.3. The highest BCUT2D eigenvalue weighted by molar-refractivity contribution is 6.03. The molecule has 0 unspecified atom stereocenters. The Morgan fingerprint density at radius 1 is 1.22 bits per heavy atom. The fourth-order valence-corrected chi connectivity index (χ4v) is 4.78. The van der Waals surface area contributed by atoms with Crippen LogP contribution in [0.25, 0.3) is 11.0 Å². The lowest BCUT2D eigenvalue weighted by Crippen LogP contribution is -2.44. The second-order valence-corrected chi connectivity index (χ2v) is 8.89. The molecule has 5 rings (SSSR count). The van der Waals surface area contributed by atoms with Gasteiger partial charge in [-0.05, 0) is 55.5 Å². The maximum absolute atomic E-state index is 13.8. The molecule has 0 radical (unpaired) electrons. The van der Waals surface area contributed by atoms with Crippen molar-refractivity contribution in [2.75, 3.05) is 24.6 Å². The molecular formula is C23H25F2N5O2. The summed E-state index contributed by atoms with van der Waals surface area (Å²) in [4.78, 5) is 19.5. The number of aromatic amines is 1. The van der Waals surface area contributed by atoms with Gasteiger partial charge in [-0.2, -0.15) is 5.10 Å². The minimum absolute atomic E-state index is 0.0496. The molecule has 1 atom stereocenters. The Labute approximate surface area is 183 Å². The van der Waals surface area contributed by atoms with Crippen molar-refractivity contribution >= 4 is 22.8 Å². The number of nitrogens with zero attached hydrogens (tertiary/aromatic N) is 3. The third-order valence-corrected chi connectivity index (χ3v) is 6.80. The minimum Gasteiger partial charge on any atom is -0.396 e. The van der Waals surface area contributed by atoms with Gasteiger partial charge in [-0.25, -0.2) is 13.8 Å². The summed E-state index contributed by atoms with van der Waals surface area (Å²) < 4.78 is 27.6. The number of benzene rings is 1. The number of carbonyl (C=O) groups excluding carboxylic acids is 1. The number of fused-ring (bicyclic) bond motifs is 1. The highest BCUT2D eigenvalue weighted by Gasteiger charge is 2.37. The Morgan fingerprint density at radius 3 is 2.69 bits per heavy atom. The molecule has 2 aliphatic rings. The van der Waals surface area contributed by atoms with E-state index >= 15 is 0 Å². The number of aromatic nitrogens is 3. The van der Waals surface area contributed by atoms with Crippen LogP contribution in [0.4, 0.5) is 14.6 Å². The largest absolute Gasteiger partial charge is 0.396 e. The minimum atomic E-state index is -0.601. The number of aliphatic hydroxyl groups excluding tert-OH is 1. The van der Waals surface area contributed by atoms with E-state index in [1.54, 1.807) is 0 Å². The predicted molar refractivity (Wildman–Crippen MR) is 115 cm³/mol. The number of amides is 1. The standard InChI is InChI=1S/C23H25F2N5O2/c24-15-9-14(10-16(25)11-15)18-3-1-8-30(18)19-5-4-17-20(27-19)21(29-28-17)22(32)26-12-23(13-31)6-2-7-23/h4-5,9-11,18,31H,1-3,6-8,12-13H2,(H,26,32)(H,28,29)/t18-/m1/s1. The van der Waals surface area contributed by atoms with E-state index in [-0.39, 0.29) is 29.7 Å². The molecule has 3 aromatic rings. The van der Waals surface area contributed by atoms with Gasteiger partial charge in [-0.3, -0.25) is 9.89 Å². The number of hydrogen-bond acceptors (Lipinski definition) is 5. The molecular weight excluding hydrogens is 416 g/mol. The third-order valence-electron chi connectivity index (χ3n) is 6.80. The Morgan fingerprint density at radius 2 is 2.00 bits per heavy atom. The van der Waals surface area contributed by atoms with Crippen molar-refractivity contribution in [3.8, 4) is 0 Å². The summed E-state index contributed by atoms with van der Waals surface area (Å²) in [5, 5.41) is 19.5. The SMILES string of the molecule is O=C(NCC1(CO)CCC1)c1n[nH]c2ccc(N3CCC[C@@H]3c3cc(F)cc(F)c3)nc12. The van der Waals surface area contributed by atoms with E-state index in [4.69, 9.17) is 4.98 Å². The molecule has 1 aliphatic carbocycles. The van der Waals surface area contributed by atoms with E-state index in [0.29, 0.717) is 35.5 Å². The Balaban J connectivity index is 1.41. The topological polar surface area (TPSA) is 94.1 Å². The molecule has 0 bridgehead atoms. The highest BCUT2D eigenvalue weighted by Crippen LogP contribution is 2.40. The second-order valence-electron chi connectivity index (χ2n) is 8.89. The van der Waals surface area contributed by atoms with Crippen LogP contribution < -0.4 is 10.2 Å². The summed E-state index contributed by atoms with van der Waals surface area (Å²) in [6.45, 7) is 1.14. The fraction of sp³-hybridized carbons (Fsp3) is 0.435. The lowest BCUT2D eigenvalue weighted by molar-refractivity contribution is 0.0428. The lowest BCUT2D eigenvalue weighted by Gasteiger charge is -2.40. The summed E-state index contributed by atoms with van der Waals surface area (Å²) in [5.74, 6) is -0.913. The first-order valence-corrected chi connectivity index (χ1v) is 10.9. The van der Waals surface area contributed by atoms with Crippen molar-refractivity contribution in [3.05, 3.63) is 53.2 Å². The fourth-order valence-electron chi connectivity index (χ4n) is 4.78. The van der Waals surface area contributed by atoms with Crippen LogP contribution in [-0.4, -0.2) is 45.9 Å². The summed E-state index contributed by atoms with van der Waals surface area (Å²) >= 11 is 0. The number of hydrogen-bond donors (Lipinski definition) is 3. The van der Waals surface area contributed by atoms with Gasteiger partial charge < -0.3 is 15.3 Å². The average Bonchev–Trinajstić information content (AvgIpc) is 3.39. The van der Waals surface area contributed by atoms with Gasteiger partial charge in [0.25, 0.3) is 5.91 Å². The van der Waals surface area contributed by atoms with Gasteiger partial charge in [0, 0.05) is 24.6 Å². The van der Waals surface area contributed by atoms with Gasteiger partial charge in [-0.1, -0.05) is 6.42 Å². The quantitative estimate of drug-likeness (QED) is 0.545. The van der Waals surface area contributed by atoms with Crippen molar-refractivity contribution in [3.63, 3.8) is 0 Å². The number of carbonyl (C=O) groups is 1. The molecule has 3 N–H and O–H groups in total. The number of anilines is 1. The average molecular weight is 441 g/mol. The van der Waals surface area contributed by atoms with Gasteiger partial charge in [0.15, 0.2) is 5.69 Å². The smallest absolute Gasteiger partial charge is 0.274 e. The van der Waals surface area contributed by atoms with Gasteiger partial charge >= 0.3 is 0 Å². The molecule has 1 aromatic carbocycles. The van der Waals surface area contributed by atoms with Crippen LogP contribution >= 0.6 is 0 Å². The molecule has 0 spiro atoms. The summed E-state index contributed by atoms with van der Waals surface area (Å²) in [7, 11) is 0. The number of rotatable bonds is 6. The van der Waals surface area contributed by atoms with E-state index in [0.717, 1.165) is 38.2 Å². The first kappa shape index (κ1) is 20.8. The number of aliphatic hydroxyl groups is 1. The van der Waals surface area contributed by atoms with E-state index in [9.17, 15) is 18.7 Å². The molecule has 1 amide bonds. The van der Waals surface area contributed by atoms with Crippen LogP contribution in [0.2, 0.25) is 0 Å². The van der Waals surface area contributed by atoms with Crippen molar-refractivity contribution in [1.82, 2.24) is 20.5 Å². The van der Waals surface area contributed by atoms with Crippen molar-refractivity contribution in [1.29, 1.82) is 0 Å². The molecule has 2 aromatic heterocycles. The number of pyridine rings is 1. The van der Waals surface area contributed by atoms with Crippen molar-refractivity contribution in [2.24, 2.45) is 5.41 Å². The van der Waals surface area contributed by atoms with Crippen LogP contribution in [0, 0.1) is 17.0 Å². The van der Waals surface area contributed by atoms with Gasteiger partial charge in [0.1, 0.15) is 23.0 Å². The van der Waals surface area contributed by atoms with E-state index in [2.05, 4.69) is 15.5 Å². The maximum atomic E-state index is 13.8. The molecule has 9 heteroatoms. The predicted octanol–water partition coefficient (Wildman–Crippen LogP) is 3.47. The van der Waals surface area contributed by atoms with Crippen molar-refractivity contribution < 1.29 is 18.7 Å². The van der Waals surface area contributed by atoms with Gasteiger partial charge in [0.2, 0.25) is 0 Å². The van der Waals surface area contributed by atoms with Gasteiger partial charge in [0.05, 0.1) is 18.2 Å². The Bertz CT molecular complexity index is 1130. The third kappa shape index (κ3) is 3.70. The lowest BCUT2D eigenvalue weighted by atomic mass is 9.69. The van der Waals surface area contributed by atoms with Crippen LogP contribution in [0.15, 0.2) is 30.3 Å². The first-order chi connectivity index (χ1) is 15.5. The monoisotopic (exact) mass is 441 g/mol. The van der Waals surface area contributed by atoms with Crippen LogP contribution in [-0.2, 0) is 0 Å². The van der Waals surface area contributed by atoms with E-state index in [1.807, 2.05) is 17.0 Å². The number of nitrogens with one attached hydrogen (secondary N) is 2.